The van der Waals surface area contributed by atoms with Crippen molar-refractivity contribution in [1.82, 2.24) is 14.9 Å². The lowest BCUT2D eigenvalue weighted by atomic mass is 9.99. The lowest BCUT2D eigenvalue weighted by molar-refractivity contribution is 0.0783. The molecule has 4 aromatic rings. The van der Waals surface area contributed by atoms with Gasteiger partial charge in [0.05, 0.1) is 41.0 Å². The Labute approximate surface area is 272 Å². The number of nitrogens with zero attached hydrogens (tertiary/aromatic N) is 3. The Hall–Kier alpha value is -4.67. The van der Waals surface area contributed by atoms with Crippen molar-refractivity contribution in [1.29, 1.82) is 0 Å². The first-order valence-corrected chi connectivity index (χ1v) is 15.3. The van der Waals surface area contributed by atoms with Gasteiger partial charge in [-0.2, -0.15) is 0 Å². The zero-order valence-electron chi connectivity index (χ0n) is 27.3. The summed E-state index contributed by atoms with van der Waals surface area (Å²) in [5.41, 5.74) is 5.34. The highest BCUT2D eigenvalue weighted by Gasteiger charge is 2.18. The monoisotopic (exact) mass is 626 g/mol. The molecule has 0 bridgehead atoms. The molecule has 0 unspecified atom stereocenters. The highest BCUT2D eigenvalue weighted by Crippen LogP contribution is 2.32. The third-order valence-electron chi connectivity index (χ3n) is 6.58. The van der Waals surface area contributed by atoms with E-state index >= 15 is 0 Å². The van der Waals surface area contributed by atoms with Crippen molar-refractivity contribution in [2.75, 3.05) is 25.5 Å². The van der Waals surface area contributed by atoms with Crippen LogP contribution in [0.25, 0.3) is 22.2 Å². The highest BCUT2D eigenvalue weighted by molar-refractivity contribution is 6.33. The lowest BCUT2D eigenvalue weighted by Crippen LogP contribution is -2.29. The molecule has 2 amide bonds. The van der Waals surface area contributed by atoms with Crippen LogP contribution in [-0.4, -0.2) is 46.9 Å². The number of terminal acetylenes is 1. The van der Waals surface area contributed by atoms with Gasteiger partial charge in [0, 0.05) is 36.0 Å². The first-order chi connectivity index (χ1) is 21.6. The van der Waals surface area contributed by atoms with Gasteiger partial charge in [0.1, 0.15) is 5.69 Å². The molecule has 0 saturated heterocycles. The number of halogens is 1. The SMILES string of the molecule is C#C.C/C=C(/CCN(C)C(=O)c1ccc(NC(=O)c2cc(-c3ccccc3Cl)nc3c(C)cc(C)cc23)cn1)OCC.CCC. The summed E-state index contributed by atoms with van der Waals surface area (Å²) in [6, 6.07) is 16.5. The number of hydrogen-bond donors (Lipinski definition) is 1. The molecule has 4 rings (SSSR count). The van der Waals surface area contributed by atoms with Crippen LogP contribution in [0.2, 0.25) is 5.02 Å². The molecule has 45 heavy (non-hydrogen) atoms. The number of carbonyl (C=O) groups is 2. The summed E-state index contributed by atoms with van der Waals surface area (Å²) < 4.78 is 5.55. The molecule has 2 heterocycles. The van der Waals surface area contributed by atoms with E-state index < -0.39 is 0 Å². The van der Waals surface area contributed by atoms with E-state index in [4.69, 9.17) is 21.3 Å². The Bertz CT molecular complexity index is 1650. The summed E-state index contributed by atoms with van der Waals surface area (Å²) in [7, 11) is 1.73. The number of amides is 2. The number of ether oxygens (including phenoxy) is 1. The minimum absolute atomic E-state index is 0.208. The van der Waals surface area contributed by atoms with E-state index in [2.05, 4.69) is 37.0 Å². The minimum atomic E-state index is -0.307. The number of benzene rings is 2. The molecule has 0 radical (unpaired) electrons. The summed E-state index contributed by atoms with van der Waals surface area (Å²) in [6.07, 6.45) is 13.3. The van der Waals surface area contributed by atoms with Gasteiger partial charge >= 0.3 is 0 Å². The van der Waals surface area contributed by atoms with Crippen LogP contribution in [0.1, 0.15) is 72.5 Å². The van der Waals surface area contributed by atoms with E-state index in [1.165, 1.54) is 12.6 Å². The number of rotatable bonds is 9. The largest absolute Gasteiger partial charge is 0.499 e. The molecular formula is C37H43ClN4O3. The van der Waals surface area contributed by atoms with Crippen LogP contribution in [0.5, 0.6) is 0 Å². The maximum absolute atomic E-state index is 13.6. The first-order valence-electron chi connectivity index (χ1n) is 14.9. The van der Waals surface area contributed by atoms with Crippen LogP contribution in [-0.2, 0) is 4.74 Å². The molecular weight excluding hydrogens is 584 g/mol. The topological polar surface area (TPSA) is 84.4 Å². The Morgan fingerprint density at radius 3 is 2.33 bits per heavy atom. The third kappa shape index (κ3) is 9.92. The number of allylic oxidation sites excluding steroid dienone is 1. The van der Waals surface area contributed by atoms with E-state index in [1.54, 1.807) is 36.2 Å². The van der Waals surface area contributed by atoms with Crippen molar-refractivity contribution < 1.29 is 14.3 Å². The number of anilines is 1. The number of fused-ring (bicyclic) bond motifs is 1. The zero-order valence-corrected chi connectivity index (χ0v) is 28.0. The van der Waals surface area contributed by atoms with Gasteiger partial charge in [-0.1, -0.05) is 61.7 Å². The number of aryl methyl sites for hydroxylation is 2. The van der Waals surface area contributed by atoms with Crippen molar-refractivity contribution in [2.45, 2.75) is 54.4 Å². The van der Waals surface area contributed by atoms with E-state index in [-0.39, 0.29) is 11.8 Å². The number of pyridine rings is 2. The fourth-order valence-corrected chi connectivity index (χ4v) is 4.76. The first kappa shape index (κ1) is 36.5. The van der Waals surface area contributed by atoms with Crippen LogP contribution in [0.4, 0.5) is 5.69 Å². The molecule has 7 nitrogen and oxygen atoms in total. The maximum Gasteiger partial charge on any atom is 0.272 e. The normalized spacial score (nSPS) is 10.6. The fourth-order valence-electron chi connectivity index (χ4n) is 4.53. The molecule has 0 spiro atoms. The van der Waals surface area contributed by atoms with E-state index in [0.29, 0.717) is 47.2 Å². The maximum atomic E-state index is 13.6. The quantitative estimate of drug-likeness (QED) is 0.148. The molecule has 0 aliphatic rings. The number of hydrogen-bond acceptors (Lipinski definition) is 5. The summed E-state index contributed by atoms with van der Waals surface area (Å²) in [4.78, 5) is 37.2. The summed E-state index contributed by atoms with van der Waals surface area (Å²) in [5, 5.41) is 4.23. The molecule has 236 valence electrons. The predicted molar refractivity (Wildman–Crippen MR) is 187 cm³/mol. The summed E-state index contributed by atoms with van der Waals surface area (Å²) in [5.74, 6) is 0.332. The molecule has 0 fully saturated rings. The number of nitrogens with one attached hydrogen (secondary N) is 1. The Morgan fingerprint density at radius 1 is 1.04 bits per heavy atom. The second-order valence-electron chi connectivity index (χ2n) is 10.3. The van der Waals surface area contributed by atoms with E-state index in [9.17, 15) is 9.59 Å². The van der Waals surface area contributed by atoms with Crippen LogP contribution < -0.4 is 5.32 Å². The van der Waals surface area contributed by atoms with Gasteiger partial charge in [-0.25, -0.2) is 9.97 Å². The number of aromatic nitrogens is 2. The molecule has 2 aromatic heterocycles. The second-order valence-corrected chi connectivity index (χ2v) is 10.7. The van der Waals surface area contributed by atoms with Gasteiger partial charge in [0.2, 0.25) is 0 Å². The third-order valence-corrected chi connectivity index (χ3v) is 6.90. The molecule has 0 saturated carbocycles. The minimum Gasteiger partial charge on any atom is -0.499 e. The van der Waals surface area contributed by atoms with Crippen LogP contribution in [0, 0.1) is 26.7 Å². The summed E-state index contributed by atoms with van der Waals surface area (Å²) in [6.45, 7) is 13.1. The van der Waals surface area contributed by atoms with Gasteiger partial charge in [0.15, 0.2) is 0 Å². The van der Waals surface area contributed by atoms with Gasteiger partial charge in [-0.3, -0.25) is 9.59 Å². The Kier molecular flexibility index (Phi) is 14.8. The Morgan fingerprint density at radius 2 is 1.73 bits per heavy atom. The van der Waals surface area contributed by atoms with Gasteiger partial charge in [-0.15, -0.1) is 12.8 Å². The van der Waals surface area contributed by atoms with Gasteiger partial charge in [0.25, 0.3) is 11.8 Å². The van der Waals surface area contributed by atoms with Crippen molar-refractivity contribution in [2.24, 2.45) is 0 Å². The van der Waals surface area contributed by atoms with Crippen molar-refractivity contribution in [3.63, 3.8) is 0 Å². The fraction of sp³-hybridized carbons (Fsp3) is 0.297. The number of carbonyl (C=O) groups excluding carboxylic acids is 2. The van der Waals surface area contributed by atoms with E-state index in [1.807, 2.05) is 64.1 Å². The summed E-state index contributed by atoms with van der Waals surface area (Å²) >= 11 is 6.47. The molecule has 2 aromatic carbocycles. The van der Waals surface area contributed by atoms with Crippen molar-refractivity contribution in [3.8, 4) is 24.1 Å². The van der Waals surface area contributed by atoms with Crippen LogP contribution in [0.15, 0.2) is 72.6 Å². The standard InChI is InChI=1S/C32H33ClN4O3.C3H8.C2H2/c1-6-23(40-7-2)14-15-37(5)32(39)28-13-12-22(19-34-28)35-31(38)26-18-29(24-10-8-9-11-27(24)33)36-30-21(4)16-20(3)17-25(26)30;1-3-2;1-2/h6,8-13,16-19H,7,14-15H2,1-5H3,(H,35,38);3H2,1-2H3;1-2H/b23-6-;;. The molecule has 0 atom stereocenters. The lowest BCUT2D eigenvalue weighted by Gasteiger charge is -2.18. The van der Waals surface area contributed by atoms with Crippen LogP contribution >= 0.6 is 11.6 Å². The van der Waals surface area contributed by atoms with Crippen molar-refractivity contribution in [3.05, 3.63) is 100 Å². The second kappa shape index (κ2) is 18.2. The molecule has 8 heteroatoms. The van der Waals surface area contributed by atoms with Crippen molar-refractivity contribution >= 4 is 40.0 Å². The molecule has 1 N–H and O–H groups in total. The molecule has 0 aliphatic heterocycles. The average molecular weight is 627 g/mol. The van der Waals surface area contributed by atoms with Crippen LogP contribution in [0.3, 0.4) is 0 Å². The van der Waals surface area contributed by atoms with E-state index in [0.717, 1.165) is 33.4 Å². The van der Waals surface area contributed by atoms with Gasteiger partial charge < -0.3 is 15.0 Å². The van der Waals surface area contributed by atoms with Gasteiger partial charge in [-0.05, 0) is 69.7 Å². The highest BCUT2D eigenvalue weighted by atomic mass is 35.5. The Balaban J connectivity index is 0.00000133. The zero-order chi connectivity index (χ0) is 33.5. The predicted octanol–water partition coefficient (Wildman–Crippen LogP) is 8.89. The molecule has 0 aliphatic carbocycles. The smallest absolute Gasteiger partial charge is 0.272 e. The average Bonchev–Trinajstić information content (AvgIpc) is 3.04.